The summed E-state index contributed by atoms with van der Waals surface area (Å²) in [5.74, 6) is -0.262. The van der Waals surface area contributed by atoms with Crippen molar-refractivity contribution in [1.29, 1.82) is 0 Å². The number of methoxy groups -OCH3 is 2. The molecule has 3 aromatic carbocycles. The second-order valence-electron chi connectivity index (χ2n) is 8.82. The average Bonchev–Trinajstić information content (AvgIpc) is 3.16. The van der Waals surface area contributed by atoms with Crippen LogP contribution >= 0.6 is 12.2 Å². The summed E-state index contributed by atoms with van der Waals surface area (Å²) < 4.78 is 9.95. The molecule has 4 rings (SSSR count). The molecule has 1 saturated heterocycles. The maximum absolute atomic E-state index is 13.5. The molecular formula is C29H29N3O5S. The highest BCUT2D eigenvalue weighted by atomic mass is 32.1. The van der Waals surface area contributed by atoms with Gasteiger partial charge in [-0.2, -0.15) is 0 Å². The van der Waals surface area contributed by atoms with Crippen LogP contribution in [0.5, 0.6) is 5.75 Å². The fourth-order valence-corrected chi connectivity index (χ4v) is 4.66. The monoisotopic (exact) mass is 531 g/mol. The number of benzene rings is 3. The number of carbonyl (C=O) groups excluding carboxylic acids is 3. The Morgan fingerprint density at radius 2 is 1.61 bits per heavy atom. The number of carbonyl (C=O) groups is 3. The van der Waals surface area contributed by atoms with Gasteiger partial charge in [-0.3, -0.25) is 14.5 Å². The molecule has 3 aromatic rings. The van der Waals surface area contributed by atoms with E-state index in [0.29, 0.717) is 35.9 Å². The van der Waals surface area contributed by atoms with Crippen molar-refractivity contribution >= 4 is 40.8 Å². The number of esters is 1. The molecule has 8 nitrogen and oxygen atoms in total. The van der Waals surface area contributed by atoms with Gasteiger partial charge in [0.05, 0.1) is 26.2 Å². The number of nitrogens with zero attached hydrogens (tertiary/aromatic N) is 2. The Bertz CT molecular complexity index is 1300. The zero-order valence-corrected chi connectivity index (χ0v) is 22.1. The summed E-state index contributed by atoms with van der Waals surface area (Å²) in [4.78, 5) is 41.6. The molecule has 2 amide bonds. The minimum absolute atomic E-state index is 0.0737. The lowest BCUT2D eigenvalue weighted by Gasteiger charge is -2.24. The molecule has 0 aromatic heterocycles. The molecule has 1 aliphatic rings. The predicted octanol–water partition coefficient (Wildman–Crippen LogP) is 4.05. The van der Waals surface area contributed by atoms with Crippen molar-refractivity contribution in [3.05, 3.63) is 95.6 Å². The number of hydrogen-bond donors (Lipinski definition) is 1. The van der Waals surface area contributed by atoms with Gasteiger partial charge in [-0.1, -0.05) is 42.5 Å². The molecule has 1 aliphatic heterocycles. The Morgan fingerprint density at radius 1 is 0.921 bits per heavy atom. The van der Waals surface area contributed by atoms with Gasteiger partial charge in [-0.25, -0.2) is 4.79 Å². The lowest BCUT2D eigenvalue weighted by molar-refractivity contribution is -0.130. The number of thiocarbonyl (C=S) groups is 1. The topological polar surface area (TPSA) is 88.2 Å². The molecule has 38 heavy (non-hydrogen) atoms. The van der Waals surface area contributed by atoms with Crippen LogP contribution < -0.4 is 10.1 Å². The van der Waals surface area contributed by atoms with Gasteiger partial charge >= 0.3 is 5.97 Å². The van der Waals surface area contributed by atoms with E-state index in [2.05, 4.69) is 5.32 Å². The molecule has 1 atom stereocenters. The SMILES string of the molecule is COC(=O)c1ccc(NC(=O)CC2C(=O)N(CCc3ccccc3)C(=S)N2Cc2ccc(OC)cc2)cc1. The third kappa shape index (κ3) is 6.36. The normalized spacial score (nSPS) is 14.9. The quantitative estimate of drug-likeness (QED) is 0.312. The maximum atomic E-state index is 13.5. The molecule has 0 aliphatic carbocycles. The fraction of sp³-hybridized carbons (Fsp3) is 0.241. The summed E-state index contributed by atoms with van der Waals surface area (Å²) in [7, 11) is 2.91. The lowest BCUT2D eigenvalue weighted by atomic mass is 10.1. The van der Waals surface area contributed by atoms with E-state index >= 15 is 0 Å². The zero-order chi connectivity index (χ0) is 27.1. The summed E-state index contributed by atoms with van der Waals surface area (Å²) >= 11 is 5.74. The highest BCUT2D eigenvalue weighted by Gasteiger charge is 2.43. The van der Waals surface area contributed by atoms with E-state index in [9.17, 15) is 14.4 Å². The third-order valence-corrected chi connectivity index (χ3v) is 6.81. The second kappa shape index (κ2) is 12.3. The molecule has 0 bridgehead atoms. The zero-order valence-electron chi connectivity index (χ0n) is 21.3. The molecule has 1 heterocycles. The molecule has 0 radical (unpaired) electrons. The maximum Gasteiger partial charge on any atom is 0.337 e. The van der Waals surface area contributed by atoms with Crippen LogP contribution in [0, 0.1) is 0 Å². The van der Waals surface area contributed by atoms with Gasteiger partial charge in [0.25, 0.3) is 5.91 Å². The van der Waals surface area contributed by atoms with Gasteiger partial charge in [0.15, 0.2) is 5.11 Å². The second-order valence-corrected chi connectivity index (χ2v) is 9.19. The molecule has 0 spiro atoms. The molecule has 196 valence electrons. The Hall–Kier alpha value is -4.24. The first-order valence-electron chi connectivity index (χ1n) is 12.2. The Morgan fingerprint density at radius 3 is 2.24 bits per heavy atom. The van der Waals surface area contributed by atoms with Crippen molar-refractivity contribution in [2.45, 2.75) is 25.4 Å². The van der Waals surface area contributed by atoms with Gasteiger partial charge in [0.1, 0.15) is 11.8 Å². The number of nitrogens with one attached hydrogen (secondary N) is 1. The summed E-state index contributed by atoms with van der Waals surface area (Å²) in [6.45, 7) is 0.802. The Balaban J connectivity index is 1.49. The summed E-state index contributed by atoms with van der Waals surface area (Å²) in [6.07, 6.45) is 0.574. The largest absolute Gasteiger partial charge is 0.497 e. The van der Waals surface area contributed by atoms with Gasteiger partial charge in [-0.15, -0.1) is 0 Å². The van der Waals surface area contributed by atoms with Crippen LogP contribution in [0.4, 0.5) is 5.69 Å². The van der Waals surface area contributed by atoms with Crippen molar-refractivity contribution in [3.63, 3.8) is 0 Å². The molecule has 0 saturated carbocycles. The van der Waals surface area contributed by atoms with Crippen LogP contribution in [-0.4, -0.2) is 59.5 Å². The van der Waals surface area contributed by atoms with Crippen molar-refractivity contribution in [1.82, 2.24) is 9.80 Å². The van der Waals surface area contributed by atoms with Crippen LogP contribution in [0.3, 0.4) is 0 Å². The molecule has 1 fully saturated rings. The van der Waals surface area contributed by atoms with Gasteiger partial charge in [0, 0.05) is 18.8 Å². The van der Waals surface area contributed by atoms with Crippen LogP contribution in [0.2, 0.25) is 0 Å². The number of amides is 2. The molecule has 1 N–H and O–H groups in total. The minimum atomic E-state index is -0.741. The van der Waals surface area contributed by atoms with E-state index in [1.54, 1.807) is 36.3 Å². The van der Waals surface area contributed by atoms with Gasteiger partial charge < -0.3 is 19.7 Å². The summed E-state index contributed by atoms with van der Waals surface area (Å²) in [6, 6.07) is 23.0. The van der Waals surface area contributed by atoms with E-state index in [1.165, 1.54) is 7.11 Å². The van der Waals surface area contributed by atoms with Crippen molar-refractivity contribution in [2.24, 2.45) is 0 Å². The summed E-state index contributed by atoms with van der Waals surface area (Å²) in [5, 5.41) is 3.22. The average molecular weight is 532 g/mol. The molecular weight excluding hydrogens is 502 g/mol. The van der Waals surface area contributed by atoms with Gasteiger partial charge in [-0.05, 0) is 66.2 Å². The summed E-state index contributed by atoms with van der Waals surface area (Å²) in [5.41, 5.74) is 2.93. The third-order valence-electron chi connectivity index (χ3n) is 6.35. The highest BCUT2D eigenvalue weighted by molar-refractivity contribution is 7.80. The van der Waals surface area contributed by atoms with E-state index < -0.39 is 12.0 Å². The van der Waals surface area contributed by atoms with Crippen molar-refractivity contribution < 1.29 is 23.9 Å². The van der Waals surface area contributed by atoms with Crippen LogP contribution in [-0.2, 0) is 27.3 Å². The van der Waals surface area contributed by atoms with Crippen LogP contribution in [0.15, 0.2) is 78.9 Å². The number of rotatable bonds is 10. The van der Waals surface area contributed by atoms with E-state index in [4.69, 9.17) is 21.7 Å². The van der Waals surface area contributed by atoms with E-state index in [1.807, 2.05) is 59.5 Å². The first-order chi connectivity index (χ1) is 18.4. The lowest BCUT2D eigenvalue weighted by Crippen LogP contribution is -2.37. The Kier molecular flexibility index (Phi) is 8.70. The van der Waals surface area contributed by atoms with Crippen LogP contribution in [0.1, 0.15) is 27.9 Å². The molecule has 1 unspecified atom stereocenters. The first kappa shape index (κ1) is 26.8. The fourth-order valence-electron chi connectivity index (χ4n) is 4.29. The standard InChI is InChI=1S/C29H29N3O5S/c1-36-24-14-8-21(9-15-24)19-32-25(18-26(33)30-23-12-10-22(11-13-23)28(35)37-2)27(34)31(29(32)38)17-16-20-6-4-3-5-7-20/h3-15,25H,16-19H2,1-2H3,(H,30,33). The number of anilines is 1. The minimum Gasteiger partial charge on any atom is -0.497 e. The van der Waals surface area contributed by atoms with Gasteiger partial charge in [0.2, 0.25) is 5.91 Å². The van der Waals surface area contributed by atoms with E-state index in [0.717, 1.165) is 16.9 Å². The number of hydrogen-bond acceptors (Lipinski definition) is 6. The van der Waals surface area contributed by atoms with Crippen LogP contribution in [0.25, 0.3) is 0 Å². The first-order valence-corrected chi connectivity index (χ1v) is 12.6. The van der Waals surface area contributed by atoms with E-state index in [-0.39, 0.29) is 18.2 Å². The number of ether oxygens (including phenoxy) is 2. The van der Waals surface area contributed by atoms with Crippen molar-refractivity contribution in [3.8, 4) is 5.75 Å². The van der Waals surface area contributed by atoms with Crippen molar-refractivity contribution in [2.75, 3.05) is 26.1 Å². The highest BCUT2D eigenvalue weighted by Crippen LogP contribution is 2.25. The molecule has 9 heteroatoms. The predicted molar refractivity (Wildman–Crippen MR) is 148 cm³/mol. The Labute approximate surface area is 227 Å². The smallest absolute Gasteiger partial charge is 0.337 e.